The molecule has 1 aromatic rings. The molecule has 128 valence electrons. The molecule has 0 aromatic carbocycles. The van der Waals surface area contributed by atoms with Crippen molar-refractivity contribution < 1.29 is 23.6 Å². The van der Waals surface area contributed by atoms with Crippen LogP contribution in [0.3, 0.4) is 0 Å². The van der Waals surface area contributed by atoms with Gasteiger partial charge in [-0.3, -0.25) is 19.3 Å². The number of nitrogens with zero attached hydrogens (tertiary/aromatic N) is 3. The number of aromatic nitrogens is 2. The SMILES string of the molecule is Nc1nc2c(c(=O)[nH]1)=N[C@H]1C(=S)C(=S)[C@@H](COP(=O)(O)O)O[C@H]1N=2. The first-order valence-electron chi connectivity index (χ1n) is 6.41. The molecule has 3 atom stereocenters. The van der Waals surface area contributed by atoms with Gasteiger partial charge in [-0.25, -0.2) is 9.56 Å². The van der Waals surface area contributed by atoms with E-state index in [0.717, 1.165) is 0 Å². The molecule has 0 bridgehead atoms. The van der Waals surface area contributed by atoms with Gasteiger partial charge in [-0.15, -0.1) is 0 Å². The van der Waals surface area contributed by atoms with Crippen LogP contribution in [-0.2, 0) is 13.8 Å². The molecule has 3 rings (SSSR count). The zero-order valence-corrected chi connectivity index (χ0v) is 14.2. The maximum Gasteiger partial charge on any atom is 0.469 e. The van der Waals surface area contributed by atoms with E-state index in [4.69, 9.17) is 44.7 Å². The largest absolute Gasteiger partial charge is 0.469 e. The van der Waals surface area contributed by atoms with Crippen molar-refractivity contribution in [2.24, 2.45) is 9.98 Å². The zero-order chi connectivity index (χ0) is 17.6. The second kappa shape index (κ2) is 6.11. The number of phosphoric ester groups is 1. The number of nitrogen functional groups attached to an aromatic ring is 1. The summed E-state index contributed by atoms with van der Waals surface area (Å²) in [4.78, 5) is 44.2. The molecule has 0 spiro atoms. The molecule has 3 heterocycles. The second-order valence-electron chi connectivity index (χ2n) is 4.86. The summed E-state index contributed by atoms with van der Waals surface area (Å²) in [6, 6.07) is -0.808. The van der Waals surface area contributed by atoms with Crippen LogP contribution in [0.2, 0.25) is 0 Å². The molecule has 0 aliphatic carbocycles. The topological polar surface area (TPSA) is 172 Å². The zero-order valence-electron chi connectivity index (χ0n) is 11.6. The number of aromatic amines is 1. The molecule has 2 aliphatic rings. The third-order valence-electron chi connectivity index (χ3n) is 3.18. The quantitative estimate of drug-likeness (QED) is 0.320. The van der Waals surface area contributed by atoms with Gasteiger partial charge in [0, 0.05) is 0 Å². The lowest BCUT2D eigenvalue weighted by Crippen LogP contribution is -2.57. The van der Waals surface area contributed by atoms with Crippen LogP contribution in [-0.4, -0.2) is 54.5 Å². The van der Waals surface area contributed by atoms with Crippen molar-refractivity contribution in [1.29, 1.82) is 0 Å². The number of thiocarbonyl (C=S) groups is 2. The molecule has 0 unspecified atom stereocenters. The van der Waals surface area contributed by atoms with E-state index in [1.165, 1.54) is 0 Å². The number of rotatable bonds is 3. The fourth-order valence-electron chi connectivity index (χ4n) is 2.18. The molecule has 1 saturated heterocycles. The first-order valence-corrected chi connectivity index (χ1v) is 8.75. The van der Waals surface area contributed by atoms with Gasteiger partial charge < -0.3 is 20.3 Å². The maximum absolute atomic E-state index is 11.9. The van der Waals surface area contributed by atoms with Gasteiger partial charge >= 0.3 is 7.82 Å². The van der Waals surface area contributed by atoms with Gasteiger partial charge in [0.1, 0.15) is 12.1 Å². The Kier molecular flexibility index (Phi) is 4.42. The van der Waals surface area contributed by atoms with E-state index in [1.807, 2.05) is 0 Å². The highest BCUT2D eigenvalue weighted by Crippen LogP contribution is 2.36. The van der Waals surface area contributed by atoms with Crippen molar-refractivity contribution in [3.8, 4) is 0 Å². The number of H-pyrrole nitrogens is 1. The average molecular weight is 391 g/mol. The Balaban J connectivity index is 1.97. The lowest BCUT2D eigenvalue weighted by molar-refractivity contribution is -0.00937. The van der Waals surface area contributed by atoms with Crippen molar-refractivity contribution in [1.82, 2.24) is 9.97 Å². The first-order chi connectivity index (χ1) is 11.2. The standard InChI is InChI=1S/C10H10N5O6PS2/c11-10-14-7-4(8(16)15-10)12-3-6(24)5(23)2(21-9(3)13-7)1-20-22(17,18)19/h2-3,9H,1H2,(H2,17,18,19)(H3,11,13,14,15,16)/t2-,3+,9-/m1/s1. The van der Waals surface area contributed by atoms with Gasteiger partial charge in [-0.05, 0) is 0 Å². The minimum absolute atomic E-state index is 0.0113. The number of ether oxygens (including phenoxy) is 1. The summed E-state index contributed by atoms with van der Waals surface area (Å²) in [6.07, 6.45) is -1.93. The average Bonchev–Trinajstić information content (AvgIpc) is 2.47. The van der Waals surface area contributed by atoms with Crippen molar-refractivity contribution in [3.05, 3.63) is 21.2 Å². The predicted molar refractivity (Wildman–Crippen MR) is 87.2 cm³/mol. The molecule has 14 heteroatoms. The lowest BCUT2D eigenvalue weighted by Gasteiger charge is -2.34. The minimum atomic E-state index is -4.69. The molecular formula is C10H10N5O6PS2. The number of hydrogen-bond donors (Lipinski definition) is 4. The smallest absolute Gasteiger partial charge is 0.369 e. The summed E-state index contributed by atoms with van der Waals surface area (Å²) < 4.78 is 20.8. The first kappa shape index (κ1) is 17.4. The number of phosphoric acid groups is 1. The Bertz CT molecular complexity index is 957. The summed E-state index contributed by atoms with van der Waals surface area (Å²) in [5.74, 6) is -0.133. The summed E-state index contributed by atoms with van der Waals surface area (Å²) in [6.45, 7) is -0.500. The highest BCUT2D eigenvalue weighted by atomic mass is 32.1. The fourth-order valence-corrected chi connectivity index (χ4v) is 3.05. The van der Waals surface area contributed by atoms with Crippen LogP contribution < -0.4 is 22.1 Å². The third kappa shape index (κ3) is 3.32. The van der Waals surface area contributed by atoms with Crippen LogP contribution in [0.15, 0.2) is 14.8 Å². The van der Waals surface area contributed by atoms with E-state index >= 15 is 0 Å². The number of hydrogen-bond acceptors (Lipinski definition) is 10. The Morgan fingerprint density at radius 2 is 2.04 bits per heavy atom. The Hall–Kier alpha value is -1.47. The minimum Gasteiger partial charge on any atom is -0.369 e. The molecule has 1 fully saturated rings. The second-order valence-corrected chi connectivity index (χ2v) is 6.98. The molecule has 5 N–H and O–H groups in total. The van der Waals surface area contributed by atoms with Crippen LogP contribution in [0.1, 0.15) is 0 Å². The molecular weight excluding hydrogens is 381 g/mol. The van der Waals surface area contributed by atoms with Crippen molar-refractivity contribution in [3.63, 3.8) is 0 Å². The Morgan fingerprint density at radius 3 is 2.71 bits per heavy atom. The number of nitrogens with two attached hydrogens (primary N) is 1. The van der Waals surface area contributed by atoms with E-state index < -0.39 is 38.4 Å². The van der Waals surface area contributed by atoms with E-state index in [0.29, 0.717) is 0 Å². The molecule has 0 radical (unpaired) electrons. The van der Waals surface area contributed by atoms with Crippen molar-refractivity contribution in [2.45, 2.75) is 18.4 Å². The number of nitrogens with one attached hydrogen (secondary N) is 1. The normalized spacial score (nSPS) is 26.2. The third-order valence-corrected chi connectivity index (χ3v) is 4.74. The molecule has 0 amide bonds. The highest BCUT2D eigenvalue weighted by Gasteiger charge is 2.41. The predicted octanol–water partition coefficient (Wildman–Crippen LogP) is -2.45. The van der Waals surface area contributed by atoms with Gasteiger partial charge in [-0.2, -0.15) is 4.98 Å². The summed E-state index contributed by atoms with van der Waals surface area (Å²) >= 11 is 10.4. The monoisotopic (exact) mass is 391 g/mol. The van der Waals surface area contributed by atoms with Crippen molar-refractivity contribution in [2.75, 3.05) is 12.3 Å². The molecule has 2 aliphatic heterocycles. The Labute approximate surface area is 143 Å². The van der Waals surface area contributed by atoms with E-state index in [1.54, 1.807) is 0 Å². The van der Waals surface area contributed by atoms with Crippen LogP contribution in [0.25, 0.3) is 0 Å². The number of fused-ring (bicyclic) bond motifs is 2. The molecule has 1 aromatic heterocycles. The van der Waals surface area contributed by atoms with E-state index in [2.05, 4.69) is 24.5 Å². The fraction of sp³-hybridized carbons (Fsp3) is 0.400. The summed E-state index contributed by atoms with van der Waals surface area (Å²) in [5, 5.41) is -0.0379. The highest BCUT2D eigenvalue weighted by molar-refractivity contribution is 7.89. The Morgan fingerprint density at radius 1 is 1.33 bits per heavy atom. The lowest BCUT2D eigenvalue weighted by atomic mass is 10.0. The van der Waals surface area contributed by atoms with Crippen LogP contribution >= 0.6 is 32.3 Å². The van der Waals surface area contributed by atoms with Crippen LogP contribution in [0, 0.1) is 0 Å². The summed E-state index contributed by atoms with van der Waals surface area (Å²) in [7, 11) is -4.69. The number of anilines is 1. The summed E-state index contributed by atoms with van der Waals surface area (Å²) in [5.41, 5.74) is 4.88. The van der Waals surface area contributed by atoms with E-state index in [-0.39, 0.29) is 26.5 Å². The van der Waals surface area contributed by atoms with Gasteiger partial charge in [-0.1, -0.05) is 24.4 Å². The van der Waals surface area contributed by atoms with E-state index in [9.17, 15) is 9.36 Å². The van der Waals surface area contributed by atoms with Crippen LogP contribution in [0.4, 0.5) is 5.95 Å². The van der Waals surface area contributed by atoms with Crippen molar-refractivity contribution >= 4 is 47.9 Å². The molecule has 24 heavy (non-hydrogen) atoms. The molecule has 11 nitrogen and oxygen atoms in total. The maximum atomic E-state index is 11.9. The van der Waals surface area contributed by atoms with Gasteiger partial charge in [0.05, 0.1) is 16.3 Å². The van der Waals surface area contributed by atoms with Gasteiger partial charge in [0.15, 0.2) is 17.1 Å². The van der Waals surface area contributed by atoms with Crippen LogP contribution in [0.5, 0.6) is 0 Å². The van der Waals surface area contributed by atoms with Gasteiger partial charge in [0.25, 0.3) is 5.56 Å². The molecule has 0 saturated carbocycles. The van der Waals surface area contributed by atoms with Gasteiger partial charge in [0.2, 0.25) is 5.95 Å².